The van der Waals surface area contributed by atoms with Crippen LogP contribution in [0.2, 0.25) is 0 Å². The molecule has 176 valence electrons. The van der Waals surface area contributed by atoms with Crippen LogP contribution < -0.4 is 9.64 Å². The molecule has 3 aliphatic heterocycles. The van der Waals surface area contributed by atoms with Gasteiger partial charge in [-0.25, -0.2) is 12.7 Å². The number of rotatable bonds is 4. The average Bonchev–Trinajstić information content (AvgIpc) is 3.23. The van der Waals surface area contributed by atoms with Crippen LogP contribution in [0.3, 0.4) is 0 Å². The molecule has 0 fully saturated rings. The fourth-order valence-corrected chi connectivity index (χ4v) is 5.55. The summed E-state index contributed by atoms with van der Waals surface area (Å²) < 4.78 is 33.9. The summed E-state index contributed by atoms with van der Waals surface area (Å²) in [5, 5.41) is 0. The maximum atomic E-state index is 13.2. The Balaban J connectivity index is 2.06. The van der Waals surface area contributed by atoms with E-state index in [1.807, 2.05) is 13.8 Å². The van der Waals surface area contributed by atoms with E-state index in [9.17, 15) is 18.0 Å². The predicted octanol–water partition coefficient (Wildman–Crippen LogP) is 2.02. The second kappa shape index (κ2) is 7.81. The molecular weight excluding hydrogens is 444 g/mol. The van der Waals surface area contributed by atoms with Crippen LogP contribution in [-0.4, -0.2) is 69.4 Å². The number of carbonyl (C=O) groups excluding carboxylic acids is 2. The highest BCUT2D eigenvalue weighted by atomic mass is 32.2. The highest BCUT2D eigenvalue weighted by Crippen LogP contribution is 2.48. The van der Waals surface area contributed by atoms with Gasteiger partial charge in [-0.1, -0.05) is 19.9 Å². The van der Waals surface area contributed by atoms with Gasteiger partial charge in [-0.3, -0.25) is 14.6 Å². The number of benzene rings is 1. The van der Waals surface area contributed by atoms with Crippen molar-refractivity contribution in [3.8, 4) is 5.75 Å². The molecule has 2 amide bonds. The molecule has 1 aromatic carbocycles. The summed E-state index contributed by atoms with van der Waals surface area (Å²) in [4.78, 5) is 32.9. The topological polar surface area (TPSA) is 99.6 Å². The van der Waals surface area contributed by atoms with E-state index in [2.05, 4.69) is 4.99 Å². The summed E-state index contributed by atoms with van der Waals surface area (Å²) in [6.07, 6.45) is 4.35. The summed E-state index contributed by atoms with van der Waals surface area (Å²) in [5.41, 5.74) is 2.40. The van der Waals surface area contributed by atoms with Crippen LogP contribution in [0.25, 0.3) is 5.57 Å². The fourth-order valence-electron chi connectivity index (χ4n) is 4.41. The van der Waals surface area contributed by atoms with E-state index in [-0.39, 0.29) is 22.6 Å². The lowest BCUT2D eigenvalue weighted by Crippen LogP contribution is -2.47. The lowest BCUT2D eigenvalue weighted by atomic mass is 9.85. The number of carbonyl (C=O) groups is 2. The zero-order valence-corrected chi connectivity index (χ0v) is 20.6. The SMILES string of the molecule is Cc1c(S(=O)(=O)N(C)C)cc(C2=CN(C)C(=O)C3=NC=CC23)c2c1N(C)C(=O)C(C(C)C)O2. The maximum Gasteiger partial charge on any atom is 0.272 e. The third kappa shape index (κ3) is 3.39. The molecule has 10 heteroatoms. The van der Waals surface area contributed by atoms with Gasteiger partial charge in [0.25, 0.3) is 11.8 Å². The van der Waals surface area contributed by atoms with Crippen molar-refractivity contribution in [3.05, 3.63) is 35.7 Å². The predicted molar refractivity (Wildman–Crippen MR) is 126 cm³/mol. The molecule has 0 saturated heterocycles. The highest BCUT2D eigenvalue weighted by Gasteiger charge is 2.42. The molecule has 3 heterocycles. The number of nitrogens with zero attached hydrogens (tertiary/aromatic N) is 4. The van der Waals surface area contributed by atoms with Crippen molar-refractivity contribution in [3.63, 3.8) is 0 Å². The first kappa shape index (κ1) is 23.2. The minimum absolute atomic E-state index is 0.0772. The molecule has 3 aliphatic rings. The van der Waals surface area contributed by atoms with Crippen LogP contribution >= 0.6 is 0 Å². The van der Waals surface area contributed by atoms with E-state index >= 15 is 0 Å². The number of aliphatic imine (C=N–C) groups is 1. The zero-order valence-electron chi connectivity index (χ0n) is 19.8. The minimum Gasteiger partial charge on any atom is -0.477 e. The molecule has 2 atom stereocenters. The van der Waals surface area contributed by atoms with E-state index < -0.39 is 22.0 Å². The molecule has 2 unspecified atom stereocenters. The van der Waals surface area contributed by atoms with E-state index in [0.29, 0.717) is 33.8 Å². The number of sulfonamides is 1. The van der Waals surface area contributed by atoms with Gasteiger partial charge in [-0.05, 0) is 30.0 Å². The van der Waals surface area contributed by atoms with Crippen LogP contribution in [0.4, 0.5) is 5.69 Å². The Hall–Kier alpha value is -2.98. The molecule has 4 rings (SSSR count). The average molecular weight is 473 g/mol. The van der Waals surface area contributed by atoms with Gasteiger partial charge in [0.2, 0.25) is 10.0 Å². The van der Waals surface area contributed by atoms with Gasteiger partial charge in [0, 0.05) is 46.2 Å². The van der Waals surface area contributed by atoms with Crippen molar-refractivity contribution in [2.75, 3.05) is 33.1 Å². The van der Waals surface area contributed by atoms with Gasteiger partial charge >= 0.3 is 0 Å². The van der Waals surface area contributed by atoms with Gasteiger partial charge in [-0.15, -0.1) is 0 Å². The Morgan fingerprint density at radius 3 is 2.45 bits per heavy atom. The van der Waals surface area contributed by atoms with E-state index in [1.54, 1.807) is 45.6 Å². The van der Waals surface area contributed by atoms with Crippen molar-refractivity contribution in [2.24, 2.45) is 16.8 Å². The number of hydrogen-bond acceptors (Lipinski definition) is 6. The summed E-state index contributed by atoms with van der Waals surface area (Å²) in [5.74, 6) is -0.554. The van der Waals surface area contributed by atoms with Crippen LogP contribution in [0, 0.1) is 18.8 Å². The second-order valence-electron chi connectivity index (χ2n) is 9.03. The first-order chi connectivity index (χ1) is 15.4. The van der Waals surface area contributed by atoms with Crippen LogP contribution in [0.1, 0.15) is 25.0 Å². The van der Waals surface area contributed by atoms with Crippen LogP contribution in [-0.2, 0) is 19.6 Å². The smallest absolute Gasteiger partial charge is 0.272 e. The van der Waals surface area contributed by atoms with Gasteiger partial charge < -0.3 is 14.5 Å². The van der Waals surface area contributed by atoms with Crippen LogP contribution in [0.15, 0.2) is 34.4 Å². The van der Waals surface area contributed by atoms with Crippen molar-refractivity contribution in [1.29, 1.82) is 0 Å². The Bertz CT molecular complexity index is 1260. The molecule has 9 nitrogen and oxygen atoms in total. The van der Waals surface area contributed by atoms with Crippen molar-refractivity contribution in [2.45, 2.75) is 31.8 Å². The number of allylic oxidation sites excluding steroid dienone is 2. The number of fused-ring (bicyclic) bond motifs is 2. The molecular formula is C23H28N4O5S. The number of anilines is 1. The second-order valence-corrected chi connectivity index (χ2v) is 11.1. The summed E-state index contributed by atoms with van der Waals surface area (Å²) >= 11 is 0. The standard InChI is InChI=1S/C23H28N4O5S/c1-12(2)20-23(29)27(7)19-13(3)17(33(30,31)25(4)5)10-15(21(19)32-20)16-11-26(6)22(28)18-14(16)8-9-24-18/h8-12,14,20H,1-7H3. The van der Waals surface area contributed by atoms with E-state index in [0.717, 1.165) is 4.31 Å². The van der Waals surface area contributed by atoms with E-state index in [1.165, 1.54) is 23.9 Å². The van der Waals surface area contributed by atoms with E-state index in [4.69, 9.17) is 4.74 Å². The summed E-state index contributed by atoms with van der Waals surface area (Å²) in [6.45, 7) is 5.47. The summed E-state index contributed by atoms with van der Waals surface area (Å²) in [6, 6.07) is 1.59. The number of amides is 2. The molecule has 0 saturated carbocycles. The highest BCUT2D eigenvalue weighted by molar-refractivity contribution is 7.89. The molecule has 0 aromatic heterocycles. The third-order valence-corrected chi connectivity index (χ3v) is 8.22. The largest absolute Gasteiger partial charge is 0.477 e. The molecule has 0 N–H and O–H groups in total. The molecule has 0 radical (unpaired) electrons. The number of likely N-dealkylation sites (N-methyl/N-ethyl adjacent to an activating group) is 1. The quantitative estimate of drug-likeness (QED) is 0.668. The molecule has 1 aromatic rings. The maximum absolute atomic E-state index is 13.2. The monoisotopic (exact) mass is 472 g/mol. The van der Waals surface area contributed by atoms with Crippen molar-refractivity contribution < 1.29 is 22.7 Å². The Labute approximate surface area is 194 Å². The van der Waals surface area contributed by atoms with Gasteiger partial charge in [0.05, 0.1) is 16.5 Å². The first-order valence-corrected chi connectivity index (χ1v) is 12.1. The molecule has 0 aliphatic carbocycles. The Kier molecular flexibility index (Phi) is 5.49. The lowest BCUT2D eigenvalue weighted by Gasteiger charge is -2.38. The van der Waals surface area contributed by atoms with Gasteiger partial charge in [0.1, 0.15) is 5.71 Å². The summed E-state index contributed by atoms with van der Waals surface area (Å²) in [7, 11) is 2.35. The molecule has 33 heavy (non-hydrogen) atoms. The number of ether oxygens (including phenoxy) is 1. The normalized spacial score (nSPS) is 22.5. The number of hydrogen-bond donors (Lipinski definition) is 0. The Morgan fingerprint density at radius 2 is 1.85 bits per heavy atom. The van der Waals surface area contributed by atoms with Crippen molar-refractivity contribution in [1.82, 2.24) is 9.21 Å². The van der Waals surface area contributed by atoms with Gasteiger partial charge in [0.15, 0.2) is 11.9 Å². The third-order valence-electron chi connectivity index (χ3n) is 6.28. The molecule has 0 bridgehead atoms. The molecule has 0 spiro atoms. The minimum atomic E-state index is -3.84. The zero-order chi connectivity index (χ0) is 24.4. The van der Waals surface area contributed by atoms with Gasteiger partial charge in [-0.2, -0.15) is 0 Å². The Morgan fingerprint density at radius 1 is 1.18 bits per heavy atom. The van der Waals surface area contributed by atoms with Crippen LogP contribution in [0.5, 0.6) is 5.75 Å². The van der Waals surface area contributed by atoms with Crippen molar-refractivity contribution >= 4 is 38.8 Å². The fraction of sp³-hybridized carbons (Fsp3) is 0.435. The first-order valence-electron chi connectivity index (χ1n) is 10.7. The lowest BCUT2D eigenvalue weighted by molar-refractivity contribution is -0.127.